The van der Waals surface area contributed by atoms with E-state index in [9.17, 15) is 4.79 Å². The van der Waals surface area contributed by atoms with Gasteiger partial charge in [-0.2, -0.15) is 15.2 Å². The van der Waals surface area contributed by atoms with Crippen molar-refractivity contribution < 1.29 is 0 Å². The van der Waals surface area contributed by atoms with Crippen molar-refractivity contribution in [3.05, 3.63) is 58.8 Å². The van der Waals surface area contributed by atoms with Crippen LogP contribution in [0.25, 0.3) is 5.70 Å². The summed E-state index contributed by atoms with van der Waals surface area (Å²) in [7, 11) is 0. The lowest BCUT2D eigenvalue weighted by atomic mass is 9.92. The number of nitrogens with one attached hydrogen (secondary N) is 1. The molecule has 1 atom stereocenters. The van der Waals surface area contributed by atoms with Gasteiger partial charge in [0.25, 0.3) is 5.56 Å². The van der Waals surface area contributed by atoms with Crippen LogP contribution in [0, 0.1) is 0 Å². The highest BCUT2D eigenvalue weighted by Crippen LogP contribution is 2.37. The van der Waals surface area contributed by atoms with Gasteiger partial charge in [0.2, 0.25) is 0 Å². The smallest absolute Gasteiger partial charge is 0.273 e. The molecular weight excluding hydrogens is 318 g/mol. The van der Waals surface area contributed by atoms with Gasteiger partial charge >= 0.3 is 0 Å². The monoisotopic (exact) mass is 335 g/mol. The summed E-state index contributed by atoms with van der Waals surface area (Å²) >= 11 is 0. The third kappa shape index (κ3) is 2.29. The summed E-state index contributed by atoms with van der Waals surface area (Å²) in [5.41, 5.74) is 2.54. The maximum absolute atomic E-state index is 12.3. The number of fused-ring (bicyclic) bond motifs is 3. The minimum atomic E-state index is -0.205. The van der Waals surface area contributed by atoms with Crippen molar-refractivity contribution in [3.63, 3.8) is 0 Å². The second kappa shape index (κ2) is 5.59. The molecule has 4 heterocycles. The van der Waals surface area contributed by atoms with Gasteiger partial charge in [-0.3, -0.25) is 4.79 Å². The maximum Gasteiger partial charge on any atom is 0.273 e. The Morgan fingerprint density at radius 1 is 1.24 bits per heavy atom. The summed E-state index contributed by atoms with van der Waals surface area (Å²) < 4.78 is 3.58. The predicted octanol–water partition coefficient (Wildman–Crippen LogP) is 0.714. The number of piperidine rings is 1. The van der Waals surface area contributed by atoms with Crippen LogP contribution in [0.15, 0.2) is 46.8 Å². The zero-order chi connectivity index (χ0) is 16.8. The van der Waals surface area contributed by atoms with Crippen LogP contribution < -0.4 is 10.9 Å². The lowest BCUT2D eigenvalue weighted by Crippen LogP contribution is -2.29. The van der Waals surface area contributed by atoms with Crippen molar-refractivity contribution in [3.8, 4) is 0 Å². The number of hydrogen-bond acceptors (Lipinski definition) is 6. The molecule has 1 N–H and O–H groups in total. The molecule has 8 heteroatoms. The minimum absolute atomic E-state index is 0.193. The van der Waals surface area contributed by atoms with Gasteiger partial charge in [0.15, 0.2) is 0 Å². The predicted molar refractivity (Wildman–Crippen MR) is 92.4 cm³/mol. The number of nitrogens with zero attached hydrogens (tertiary/aromatic N) is 6. The molecule has 8 nitrogen and oxygen atoms in total. The van der Waals surface area contributed by atoms with Crippen LogP contribution in [-0.4, -0.2) is 43.2 Å². The fourth-order valence-electron chi connectivity index (χ4n) is 3.83. The van der Waals surface area contributed by atoms with Gasteiger partial charge in [-0.05, 0) is 38.1 Å². The summed E-state index contributed by atoms with van der Waals surface area (Å²) in [4.78, 5) is 20.6. The molecule has 2 aromatic heterocycles. The molecule has 0 aromatic carbocycles. The van der Waals surface area contributed by atoms with E-state index in [0.717, 1.165) is 43.0 Å². The Morgan fingerprint density at radius 2 is 2.12 bits per heavy atom. The highest BCUT2D eigenvalue weighted by Gasteiger charge is 2.36. The van der Waals surface area contributed by atoms with E-state index < -0.39 is 0 Å². The zero-order valence-corrected chi connectivity index (χ0v) is 13.5. The molecule has 126 valence electrons. The Labute approximate surface area is 143 Å². The molecule has 5 rings (SSSR count). The van der Waals surface area contributed by atoms with E-state index in [2.05, 4.69) is 20.4 Å². The van der Waals surface area contributed by atoms with Crippen molar-refractivity contribution in [2.45, 2.75) is 24.7 Å². The van der Waals surface area contributed by atoms with Gasteiger partial charge in [-0.25, -0.2) is 14.3 Å². The summed E-state index contributed by atoms with van der Waals surface area (Å²) in [5.74, 6) is 0.797. The van der Waals surface area contributed by atoms with E-state index in [0.29, 0.717) is 11.7 Å². The van der Waals surface area contributed by atoms with Crippen LogP contribution in [-0.2, 0) is 0 Å². The Kier molecular flexibility index (Phi) is 3.24. The van der Waals surface area contributed by atoms with Crippen molar-refractivity contribution in [1.29, 1.82) is 0 Å². The molecule has 1 aliphatic carbocycles. The van der Waals surface area contributed by atoms with E-state index in [4.69, 9.17) is 5.10 Å². The first-order valence-corrected chi connectivity index (χ1v) is 8.48. The van der Waals surface area contributed by atoms with Gasteiger partial charge in [0.05, 0.1) is 17.1 Å². The fraction of sp³-hybridized carbons (Fsp3) is 0.353. The Hall–Kier alpha value is -2.87. The largest absolute Gasteiger partial charge is 0.317 e. The molecule has 0 saturated carbocycles. The first kappa shape index (κ1) is 14.5. The Morgan fingerprint density at radius 3 is 2.92 bits per heavy atom. The number of hydrogen-bond donors (Lipinski definition) is 1. The first-order chi connectivity index (χ1) is 12.3. The molecule has 3 aliphatic rings. The molecule has 1 saturated heterocycles. The molecular formula is C17H17N7O. The normalized spacial score (nSPS) is 22.3. The average Bonchev–Trinajstić information content (AvgIpc) is 3.29. The number of aromatic nitrogens is 5. The van der Waals surface area contributed by atoms with Crippen molar-refractivity contribution in [1.82, 2.24) is 29.7 Å². The maximum atomic E-state index is 12.3. The molecule has 0 bridgehead atoms. The van der Waals surface area contributed by atoms with Gasteiger partial charge < -0.3 is 5.32 Å². The first-order valence-electron chi connectivity index (χ1n) is 8.48. The van der Waals surface area contributed by atoms with Crippen LogP contribution >= 0.6 is 0 Å². The van der Waals surface area contributed by atoms with Gasteiger partial charge in [0, 0.05) is 12.0 Å². The van der Waals surface area contributed by atoms with Crippen LogP contribution in [0.5, 0.6) is 0 Å². The molecule has 2 aromatic rings. The Bertz CT molecular complexity index is 961. The molecule has 0 radical (unpaired) electrons. The molecule has 0 spiro atoms. The molecule has 25 heavy (non-hydrogen) atoms. The van der Waals surface area contributed by atoms with Gasteiger partial charge in [0.1, 0.15) is 24.4 Å². The lowest BCUT2D eigenvalue weighted by Gasteiger charge is -2.24. The lowest BCUT2D eigenvalue weighted by molar-refractivity contribution is 0.439. The van der Waals surface area contributed by atoms with E-state index in [1.807, 2.05) is 22.9 Å². The second-order valence-corrected chi connectivity index (χ2v) is 6.46. The van der Waals surface area contributed by atoms with Crippen LogP contribution in [0.4, 0.5) is 0 Å². The standard InChI is InChI=1S/C17H17N7O/c25-15-8-14(11-4-6-18-7-5-11)24-17(21-15)16-12(22-24)2-1-3-13(16)23-10-19-9-20-23/h1-3,8-11,16,18H,4-7H2. The fourth-order valence-corrected chi connectivity index (χ4v) is 3.83. The van der Waals surface area contributed by atoms with E-state index >= 15 is 0 Å². The zero-order valence-electron chi connectivity index (χ0n) is 13.5. The van der Waals surface area contributed by atoms with Crippen LogP contribution in [0.2, 0.25) is 0 Å². The van der Waals surface area contributed by atoms with E-state index in [1.165, 1.54) is 6.33 Å². The SMILES string of the molecule is O=c1cc(C2CCNCC2)n2c(n1)C1C(n3cncn3)=CC=CC1=N2. The molecule has 1 unspecified atom stereocenters. The van der Waals surface area contributed by atoms with Crippen molar-refractivity contribution in [2.24, 2.45) is 5.10 Å². The second-order valence-electron chi connectivity index (χ2n) is 6.46. The number of rotatable bonds is 2. The Balaban J connectivity index is 1.65. The molecule has 2 aliphatic heterocycles. The average molecular weight is 335 g/mol. The minimum Gasteiger partial charge on any atom is -0.317 e. The third-order valence-corrected chi connectivity index (χ3v) is 5.00. The molecule has 0 amide bonds. The van der Waals surface area contributed by atoms with E-state index in [-0.39, 0.29) is 11.5 Å². The quantitative estimate of drug-likeness (QED) is 0.873. The number of allylic oxidation sites excluding steroid dienone is 4. The van der Waals surface area contributed by atoms with Crippen LogP contribution in [0.1, 0.15) is 36.2 Å². The van der Waals surface area contributed by atoms with Crippen LogP contribution in [0.3, 0.4) is 0 Å². The summed E-state index contributed by atoms with van der Waals surface area (Å²) in [6.07, 6.45) is 11.0. The van der Waals surface area contributed by atoms with Crippen molar-refractivity contribution in [2.75, 3.05) is 13.1 Å². The van der Waals surface area contributed by atoms with Gasteiger partial charge in [-0.1, -0.05) is 6.08 Å². The summed E-state index contributed by atoms with van der Waals surface area (Å²) in [6, 6.07) is 1.64. The molecule has 1 fully saturated rings. The highest BCUT2D eigenvalue weighted by atomic mass is 16.1. The summed E-state index contributed by atoms with van der Waals surface area (Å²) in [5, 5.41) is 12.4. The summed E-state index contributed by atoms with van der Waals surface area (Å²) in [6.45, 7) is 1.92. The van der Waals surface area contributed by atoms with E-state index in [1.54, 1.807) is 17.1 Å². The highest BCUT2D eigenvalue weighted by molar-refractivity contribution is 6.09. The van der Waals surface area contributed by atoms with Crippen molar-refractivity contribution >= 4 is 11.4 Å². The topological polar surface area (TPSA) is 90.0 Å². The van der Waals surface area contributed by atoms with Gasteiger partial charge in [-0.15, -0.1) is 0 Å². The third-order valence-electron chi connectivity index (χ3n) is 5.00.